The SMILES string of the molecule is CCCCC(=O)/C(F)=C/F. The van der Waals surface area contributed by atoms with E-state index in [9.17, 15) is 13.6 Å². The Bertz CT molecular complexity index is 141. The summed E-state index contributed by atoms with van der Waals surface area (Å²) in [6.45, 7) is 1.88. The van der Waals surface area contributed by atoms with Crippen molar-refractivity contribution in [2.45, 2.75) is 26.2 Å². The van der Waals surface area contributed by atoms with Crippen LogP contribution in [0.2, 0.25) is 0 Å². The molecule has 0 N–H and O–H groups in total. The van der Waals surface area contributed by atoms with Gasteiger partial charge in [0.1, 0.15) is 6.33 Å². The Labute approximate surface area is 58.7 Å². The summed E-state index contributed by atoms with van der Waals surface area (Å²) in [6, 6.07) is 0. The van der Waals surface area contributed by atoms with E-state index in [1.54, 1.807) is 0 Å². The van der Waals surface area contributed by atoms with Crippen molar-refractivity contribution in [2.24, 2.45) is 0 Å². The number of carbonyl (C=O) groups excluding carboxylic acids is 1. The van der Waals surface area contributed by atoms with Crippen LogP contribution < -0.4 is 0 Å². The van der Waals surface area contributed by atoms with Gasteiger partial charge >= 0.3 is 0 Å². The van der Waals surface area contributed by atoms with E-state index in [0.29, 0.717) is 6.42 Å². The Morgan fingerprint density at radius 1 is 1.60 bits per heavy atom. The molecule has 0 spiro atoms. The van der Waals surface area contributed by atoms with Crippen LogP contribution in [0.5, 0.6) is 0 Å². The fourth-order valence-electron chi connectivity index (χ4n) is 0.518. The van der Waals surface area contributed by atoms with E-state index in [1.165, 1.54) is 0 Å². The molecule has 0 aromatic rings. The zero-order valence-corrected chi connectivity index (χ0v) is 5.86. The Balaban J connectivity index is 3.63. The Hall–Kier alpha value is -0.730. The van der Waals surface area contributed by atoms with Gasteiger partial charge in [0.15, 0.2) is 11.6 Å². The number of rotatable bonds is 4. The van der Waals surface area contributed by atoms with Gasteiger partial charge < -0.3 is 0 Å². The van der Waals surface area contributed by atoms with Crippen LogP contribution in [-0.4, -0.2) is 5.78 Å². The van der Waals surface area contributed by atoms with E-state index >= 15 is 0 Å². The maximum absolute atomic E-state index is 12.0. The second-order valence-corrected chi connectivity index (χ2v) is 1.98. The van der Waals surface area contributed by atoms with Crippen molar-refractivity contribution < 1.29 is 13.6 Å². The molecule has 0 amide bonds. The molecule has 0 aliphatic carbocycles. The van der Waals surface area contributed by atoms with Gasteiger partial charge in [-0.25, -0.2) is 8.78 Å². The van der Waals surface area contributed by atoms with Crippen molar-refractivity contribution in [3.63, 3.8) is 0 Å². The zero-order valence-electron chi connectivity index (χ0n) is 5.86. The summed E-state index contributed by atoms with van der Waals surface area (Å²) in [5.41, 5.74) is 0. The largest absolute Gasteiger partial charge is 0.292 e. The van der Waals surface area contributed by atoms with Gasteiger partial charge in [0, 0.05) is 6.42 Å². The number of hydrogen-bond donors (Lipinski definition) is 0. The maximum atomic E-state index is 12.0. The highest BCUT2D eigenvalue weighted by Gasteiger charge is 2.06. The lowest BCUT2D eigenvalue weighted by molar-refractivity contribution is -0.117. The van der Waals surface area contributed by atoms with Crippen molar-refractivity contribution in [2.75, 3.05) is 0 Å². The number of halogens is 2. The molecule has 0 atom stereocenters. The third kappa shape index (κ3) is 3.33. The molecule has 3 heteroatoms. The van der Waals surface area contributed by atoms with Crippen molar-refractivity contribution >= 4 is 5.78 Å². The number of allylic oxidation sites excluding steroid dienone is 1. The summed E-state index contributed by atoms with van der Waals surface area (Å²) in [6.07, 6.45) is 1.23. The van der Waals surface area contributed by atoms with Gasteiger partial charge in [-0.15, -0.1) is 0 Å². The van der Waals surface area contributed by atoms with Crippen LogP contribution in [0.3, 0.4) is 0 Å². The second-order valence-electron chi connectivity index (χ2n) is 1.98. The molecule has 10 heavy (non-hydrogen) atoms. The van der Waals surface area contributed by atoms with Crippen LogP contribution >= 0.6 is 0 Å². The summed E-state index contributed by atoms with van der Waals surface area (Å²) >= 11 is 0. The van der Waals surface area contributed by atoms with Gasteiger partial charge in [-0.05, 0) is 6.42 Å². The second kappa shape index (κ2) is 5.09. The molecule has 0 heterocycles. The van der Waals surface area contributed by atoms with Crippen LogP contribution in [0, 0.1) is 0 Å². The van der Waals surface area contributed by atoms with Crippen LogP contribution in [0.1, 0.15) is 26.2 Å². The van der Waals surface area contributed by atoms with Gasteiger partial charge in [0.2, 0.25) is 0 Å². The molecule has 0 radical (unpaired) electrons. The minimum atomic E-state index is -1.27. The van der Waals surface area contributed by atoms with Crippen LogP contribution in [-0.2, 0) is 4.79 Å². The molecule has 1 nitrogen and oxygen atoms in total. The van der Waals surface area contributed by atoms with Crippen LogP contribution in [0.25, 0.3) is 0 Å². The van der Waals surface area contributed by atoms with Crippen molar-refractivity contribution in [1.82, 2.24) is 0 Å². The predicted octanol–water partition coefficient (Wildman–Crippen LogP) is 2.53. The lowest BCUT2D eigenvalue weighted by Gasteiger charge is -1.92. The molecular weight excluding hydrogens is 138 g/mol. The predicted molar refractivity (Wildman–Crippen MR) is 34.8 cm³/mol. The number of ketones is 1. The van der Waals surface area contributed by atoms with E-state index in [4.69, 9.17) is 0 Å². The lowest BCUT2D eigenvalue weighted by atomic mass is 10.2. The highest BCUT2D eigenvalue weighted by Crippen LogP contribution is 2.05. The quantitative estimate of drug-likeness (QED) is 0.560. The molecule has 0 bridgehead atoms. The van der Waals surface area contributed by atoms with Crippen molar-refractivity contribution in [3.05, 3.63) is 12.2 Å². The highest BCUT2D eigenvalue weighted by molar-refractivity contribution is 5.92. The van der Waals surface area contributed by atoms with E-state index in [1.807, 2.05) is 6.92 Å². The summed E-state index contributed by atoms with van der Waals surface area (Å²) in [7, 11) is 0. The smallest absolute Gasteiger partial charge is 0.194 e. The fraction of sp³-hybridized carbons (Fsp3) is 0.571. The first-order chi connectivity index (χ1) is 4.72. The Kier molecular flexibility index (Phi) is 4.72. The third-order valence-corrected chi connectivity index (χ3v) is 1.12. The number of carbonyl (C=O) groups is 1. The molecule has 0 fully saturated rings. The van der Waals surface area contributed by atoms with Gasteiger partial charge in [0.05, 0.1) is 0 Å². The van der Waals surface area contributed by atoms with E-state index < -0.39 is 11.6 Å². The molecule has 0 unspecified atom stereocenters. The monoisotopic (exact) mass is 148 g/mol. The van der Waals surface area contributed by atoms with E-state index in [-0.39, 0.29) is 12.8 Å². The van der Waals surface area contributed by atoms with E-state index in [2.05, 4.69) is 0 Å². The number of hydrogen-bond acceptors (Lipinski definition) is 1. The zero-order chi connectivity index (χ0) is 7.98. The fourth-order valence-corrected chi connectivity index (χ4v) is 0.518. The van der Waals surface area contributed by atoms with Crippen molar-refractivity contribution in [3.8, 4) is 0 Å². The standard InChI is InChI=1S/C7H10F2O/c1-2-3-4-7(10)6(9)5-8/h5H,2-4H2,1H3/b6-5-. The van der Waals surface area contributed by atoms with E-state index in [0.717, 1.165) is 6.42 Å². The minimum Gasteiger partial charge on any atom is -0.292 e. The minimum absolute atomic E-state index is 0.1000. The molecule has 0 aliphatic rings. The first kappa shape index (κ1) is 9.27. The van der Waals surface area contributed by atoms with Gasteiger partial charge in [0.25, 0.3) is 0 Å². The average molecular weight is 148 g/mol. The average Bonchev–Trinajstić information content (AvgIpc) is 1.98. The van der Waals surface area contributed by atoms with Crippen LogP contribution in [0.4, 0.5) is 8.78 Å². The first-order valence-electron chi connectivity index (χ1n) is 3.21. The van der Waals surface area contributed by atoms with Crippen LogP contribution in [0.15, 0.2) is 12.2 Å². The molecule has 0 saturated heterocycles. The highest BCUT2D eigenvalue weighted by atomic mass is 19.2. The third-order valence-electron chi connectivity index (χ3n) is 1.12. The molecule has 0 aromatic carbocycles. The number of Topliss-reactive ketones (excluding diaryl/α,β-unsaturated/α-hetero) is 1. The molecular formula is C7H10F2O. The Morgan fingerprint density at radius 2 is 2.20 bits per heavy atom. The number of unbranched alkanes of at least 4 members (excludes halogenated alkanes) is 1. The molecule has 58 valence electrons. The van der Waals surface area contributed by atoms with Gasteiger partial charge in [-0.3, -0.25) is 4.79 Å². The summed E-state index contributed by atoms with van der Waals surface area (Å²) < 4.78 is 23.3. The molecule has 0 saturated carbocycles. The van der Waals surface area contributed by atoms with Gasteiger partial charge in [-0.1, -0.05) is 13.3 Å². The normalized spacial score (nSPS) is 11.7. The molecule has 0 aliphatic heterocycles. The molecule has 0 rings (SSSR count). The Morgan fingerprint density at radius 3 is 2.60 bits per heavy atom. The van der Waals surface area contributed by atoms with Crippen molar-refractivity contribution in [1.29, 1.82) is 0 Å². The lowest BCUT2D eigenvalue weighted by Crippen LogP contribution is -1.96. The maximum Gasteiger partial charge on any atom is 0.194 e. The topological polar surface area (TPSA) is 17.1 Å². The molecule has 0 aromatic heterocycles. The summed E-state index contributed by atoms with van der Waals surface area (Å²) in [5.74, 6) is -2.02. The van der Waals surface area contributed by atoms with Gasteiger partial charge in [-0.2, -0.15) is 0 Å². The summed E-state index contributed by atoms with van der Waals surface area (Å²) in [5, 5.41) is 0. The summed E-state index contributed by atoms with van der Waals surface area (Å²) in [4.78, 5) is 10.4. The first-order valence-corrected chi connectivity index (χ1v) is 3.21.